The smallest absolute Gasteiger partial charge is 0.262 e. The van der Waals surface area contributed by atoms with Gasteiger partial charge in [0.15, 0.2) is 0 Å². The molecule has 0 bridgehead atoms. The molecule has 0 fully saturated rings. The van der Waals surface area contributed by atoms with Crippen LogP contribution in [-0.4, -0.2) is 18.2 Å². The average molecular weight is 301 g/mol. The Bertz CT molecular complexity index is 885. The number of nitrogens with zero attached hydrogens (tertiary/aromatic N) is 2. The molecule has 0 aliphatic heterocycles. The van der Waals surface area contributed by atoms with Crippen LogP contribution in [0.3, 0.4) is 0 Å². The largest absolute Gasteiger partial charge is 0.276 e. The number of fused-ring (bicyclic) bond motifs is 1. The van der Waals surface area contributed by atoms with Crippen molar-refractivity contribution in [3.8, 4) is 0 Å². The van der Waals surface area contributed by atoms with Crippen molar-refractivity contribution in [1.82, 2.24) is 9.78 Å². The topological polar surface area (TPSA) is 64.0 Å². The van der Waals surface area contributed by atoms with Gasteiger partial charge in [0, 0.05) is 12.7 Å². The number of sulfonamides is 1. The van der Waals surface area contributed by atoms with Crippen molar-refractivity contribution in [3.63, 3.8) is 0 Å². The first-order valence-corrected chi connectivity index (χ1v) is 8.11. The first kappa shape index (κ1) is 13.6. The van der Waals surface area contributed by atoms with Crippen LogP contribution < -0.4 is 4.72 Å². The minimum atomic E-state index is -3.60. The van der Waals surface area contributed by atoms with E-state index in [4.69, 9.17) is 0 Å². The van der Waals surface area contributed by atoms with Crippen LogP contribution >= 0.6 is 0 Å². The summed E-state index contributed by atoms with van der Waals surface area (Å²) >= 11 is 0. The van der Waals surface area contributed by atoms with Gasteiger partial charge in [-0.15, -0.1) is 0 Å². The summed E-state index contributed by atoms with van der Waals surface area (Å²) in [6.45, 7) is 2.63. The summed E-state index contributed by atoms with van der Waals surface area (Å²) in [6.07, 6.45) is 3.17. The van der Waals surface area contributed by atoms with E-state index < -0.39 is 10.0 Å². The van der Waals surface area contributed by atoms with Crippen molar-refractivity contribution in [3.05, 3.63) is 54.9 Å². The van der Waals surface area contributed by atoms with Gasteiger partial charge in [0.1, 0.15) is 0 Å². The Balaban J connectivity index is 1.95. The number of anilines is 1. The molecule has 0 radical (unpaired) electrons. The quantitative estimate of drug-likeness (QED) is 0.806. The Hall–Kier alpha value is -2.34. The van der Waals surface area contributed by atoms with E-state index in [9.17, 15) is 8.42 Å². The standard InChI is InChI=1S/C15H15N3O2S/c1-2-18-11-14(10-16-18)17-21(19,20)15-8-7-12-5-3-4-6-13(12)9-15/h3-11,17H,2H2,1H3. The molecule has 1 heterocycles. The van der Waals surface area contributed by atoms with E-state index in [0.717, 1.165) is 10.8 Å². The van der Waals surface area contributed by atoms with Crippen molar-refractivity contribution in [2.24, 2.45) is 0 Å². The molecular weight excluding hydrogens is 286 g/mol. The van der Waals surface area contributed by atoms with E-state index in [1.807, 2.05) is 31.2 Å². The Morgan fingerprint density at radius 3 is 2.62 bits per heavy atom. The third-order valence-electron chi connectivity index (χ3n) is 3.24. The maximum absolute atomic E-state index is 12.4. The van der Waals surface area contributed by atoms with E-state index >= 15 is 0 Å². The summed E-state index contributed by atoms with van der Waals surface area (Å²) in [5.41, 5.74) is 0.463. The van der Waals surface area contributed by atoms with E-state index in [2.05, 4.69) is 9.82 Å². The van der Waals surface area contributed by atoms with Gasteiger partial charge in [0.2, 0.25) is 0 Å². The predicted octanol–water partition coefficient (Wildman–Crippen LogP) is 2.86. The molecule has 5 nitrogen and oxygen atoms in total. The Labute approximate surface area is 123 Å². The van der Waals surface area contributed by atoms with Crippen LogP contribution in [0.25, 0.3) is 10.8 Å². The fourth-order valence-corrected chi connectivity index (χ4v) is 3.20. The van der Waals surface area contributed by atoms with E-state index in [0.29, 0.717) is 12.2 Å². The molecule has 0 aliphatic carbocycles. The third kappa shape index (κ3) is 2.75. The summed E-state index contributed by atoms with van der Waals surface area (Å²) in [4.78, 5) is 0.241. The number of aryl methyl sites for hydroxylation is 1. The second-order valence-corrected chi connectivity index (χ2v) is 6.38. The molecule has 0 amide bonds. The summed E-state index contributed by atoms with van der Waals surface area (Å²) in [7, 11) is -3.60. The van der Waals surface area contributed by atoms with Gasteiger partial charge in [-0.3, -0.25) is 9.40 Å². The zero-order valence-electron chi connectivity index (χ0n) is 11.5. The van der Waals surface area contributed by atoms with Crippen molar-refractivity contribution in [1.29, 1.82) is 0 Å². The lowest BCUT2D eigenvalue weighted by Crippen LogP contribution is -2.12. The van der Waals surface area contributed by atoms with Crippen LogP contribution in [0.2, 0.25) is 0 Å². The van der Waals surface area contributed by atoms with Crippen LogP contribution in [0, 0.1) is 0 Å². The molecule has 6 heteroatoms. The van der Waals surface area contributed by atoms with Gasteiger partial charge in [-0.1, -0.05) is 30.3 Å². The van der Waals surface area contributed by atoms with Gasteiger partial charge < -0.3 is 0 Å². The van der Waals surface area contributed by atoms with Crippen LogP contribution in [0.1, 0.15) is 6.92 Å². The lowest BCUT2D eigenvalue weighted by molar-refractivity contribution is 0.601. The molecule has 0 saturated heterocycles. The number of nitrogens with one attached hydrogen (secondary N) is 1. The summed E-state index contributed by atoms with van der Waals surface area (Å²) < 4.78 is 29.0. The number of hydrogen-bond acceptors (Lipinski definition) is 3. The fourth-order valence-electron chi connectivity index (χ4n) is 2.14. The Morgan fingerprint density at radius 2 is 1.90 bits per heavy atom. The molecule has 21 heavy (non-hydrogen) atoms. The molecule has 0 atom stereocenters. The minimum absolute atomic E-state index is 0.241. The highest BCUT2D eigenvalue weighted by atomic mass is 32.2. The lowest BCUT2D eigenvalue weighted by Gasteiger charge is -2.07. The number of aromatic nitrogens is 2. The third-order valence-corrected chi connectivity index (χ3v) is 4.62. The molecule has 3 aromatic rings. The zero-order chi connectivity index (χ0) is 14.9. The predicted molar refractivity (Wildman–Crippen MR) is 82.7 cm³/mol. The van der Waals surface area contributed by atoms with Crippen LogP contribution in [0.4, 0.5) is 5.69 Å². The van der Waals surface area contributed by atoms with Crippen molar-refractivity contribution >= 4 is 26.5 Å². The molecule has 3 rings (SSSR count). The maximum atomic E-state index is 12.4. The first-order chi connectivity index (χ1) is 10.1. The first-order valence-electron chi connectivity index (χ1n) is 6.62. The van der Waals surface area contributed by atoms with Gasteiger partial charge in [0.25, 0.3) is 10.0 Å². The van der Waals surface area contributed by atoms with Gasteiger partial charge >= 0.3 is 0 Å². The molecule has 1 N–H and O–H groups in total. The van der Waals surface area contributed by atoms with Gasteiger partial charge in [-0.25, -0.2) is 8.42 Å². The number of rotatable bonds is 4. The van der Waals surface area contributed by atoms with Crippen LogP contribution in [0.5, 0.6) is 0 Å². The molecular formula is C15H15N3O2S. The zero-order valence-corrected chi connectivity index (χ0v) is 12.3. The fraction of sp³-hybridized carbons (Fsp3) is 0.133. The molecule has 1 aromatic heterocycles. The number of hydrogen-bond donors (Lipinski definition) is 1. The van der Waals surface area contributed by atoms with Gasteiger partial charge in [-0.2, -0.15) is 5.10 Å². The summed E-state index contributed by atoms with van der Waals surface area (Å²) in [5, 5.41) is 5.95. The molecule has 2 aromatic carbocycles. The maximum Gasteiger partial charge on any atom is 0.262 e. The molecule has 0 unspecified atom stereocenters. The second kappa shape index (κ2) is 5.21. The van der Waals surface area contributed by atoms with Gasteiger partial charge in [-0.05, 0) is 29.8 Å². The van der Waals surface area contributed by atoms with Crippen LogP contribution in [-0.2, 0) is 16.6 Å². The normalized spacial score (nSPS) is 11.7. The highest BCUT2D eigenvalue weighted by Crippen LogP contribution is 2.21. The molecule has 0 spiro atoms. The molecule has 108 valence electrons. The molecule has 0 aliphatic rings. The summed E-state index contributed by atoms with van der Waals surface area (Å²) in [5.74, 6) is 0. The monoisotopic (exact) mass is 301 g/mol. The highest BCUT2D eigenvalue weighted by molar-refractivity contribution is 7.92. The Kier molecular flexibility index (Phi) is 3.39. The van der Waals surface area contributed by atoms with Gasteiger partial charge in [0.05, 0.1) is 16.8 Å². The van der Waals surface area contributed by atoms with Crippen molar-refractivity contribution in [2.75, 3.05) is 4.72 Å². The Morgan fingerprint density at radius 1 is 1.14 bits per heavy atom. The van der Waals surface area contributed by atoms with E-state index in [-0.39, 0.29) is 4.90 Å². The average Bonchev–Trinajstić information content (AvgIpc) is 2.93. The SMILES string of the molecule is CCn1cc(NS(=O)(=O)c2ccc3ccccc3c2)cn1. The minimum Gasteiger partial charge on any atom is -0.276 e. The van der Waals surface area contributed by atoms with E-state index in [1.165, 1.54) is 6.20 Å². The van der Waals surface area contributed by atoms with Crippen molar-refractivity contribution < 1.29 is 8.42 Å². The molecule has 0 saturated carbocycles. The summed E-state index contributed by atoms with van der Waals surface area (Å²) in [6, 6.07) is 12.7. The number of benzene rings is 2. The highest BCUT2D eigenvalue weighted by Gasteiger charge is 2.15. The van der Waals surface area contributed by atoms with Crippen LogP contribution in [0.15, 0.2) is 59.8 Å². The van der Waals surface area contributed by atoms with Crippen molar-refractivity contribution in [2.45, 2.75) is 18.4 Å². The lowest BCUT2D eigenvalue weighted by atomic mass is 10.1. The van der Waals surface area contributed by atoms with E-state index in [1.54, 1.807) is 29.1 Å². The second-order valence-electron chi connectivity index (χ2n) is 4.70.